The first-order valence-corrected chi connectivity index (χ1v) is 6.32. The molecule has 0 aromatic heterocycles. The molecule has 0 radical (unpaired) electrons. The van der Waals surface area contributed by atoms with Crippen LogP contribution in [0, 0.1) is 17.1 Å². The van der Waals surface area contributed by atoms with Crippen LogP contribution in [0.15, 0.2) is 36.4 Å². The second-order valence-corrected chi connectivity index (χ2v) is 4.34. The normalized spacial score (nSPS) is 9.81. The zero-order valence-electron chi connectivity index (χ0n) is 11.8. The van der Waals surface area contributed by atoms with Crippen molar-refractivity contribution in [3.05, 3.63) is 53.3 Å². The number of nitrogens with zero attached hydrogens (tertiary/aromatic N) is 1. The molecule has 0 spiro atoms. The Morgan fingerprint density at radius 3 is 2.62 bits per heavy atom. The van der Waals surface area contributed by atoms with Crippen molar-refractivity contribution in [2.45, 2.75) is 6.54 Å². The van der Waals surface area contributed by atoms with Crippen LogP contribution in [0.1, 0.15) is 11.1 Å². The van der Waals surface area contributed by atoms with Crippen molar-refractivity contribution in [3.8, 4) is 17.6 Å². The molecule has 0 aliphatic rings. The summed E-state index contributed by atoms with van der Waals surface area (Å²) >= 11 is 0. The number of halogens is 1. The third-order valence-corrected chi connectivity index (χ3v) is 3.06. The highest BCUT2D eigenvalue weighted by Crippen LogP contribution is 2.25. The quantitative estimate of drug-likeness (QED) is 0.916. The van der Waals surface area contributed by atoms with E-state index in [1.807, 2.05) is 18.2 Å². The summed E-state index contributed by atoms with van der Waals surface area (Å²) in [6, 6.07) is 11.7. The molecule has 2 aromatic carbocycles. The number of ether oxygens (including phenoxy) is 2. The van der Waals surface area contributed by atoms with Gasteiger partial charge < -0.3 is 14.8 Å². The second-order valence-electron chi connectivity index (χ2n) is 4.34. The number of hydrogen-bond donors (Lipinski definition) is 1. The minimum absolute atomic E-state index is 0.0155. The maximum atomic E-state index is 13.3. The standard InChI is InChI=1S/C16H15FN2O2/c1-20-14-5-3-11(16(8-14)21-2)10-19-13-4-6-15(17)12(7-13)9-18/h3-8,19H,10H2,1-2H3. The molecule has 1 N–H and O–H groups in total. The van der Waals surface area contributed by atoms with Crippen molar-refractivity contribution in [2.75, 3.05) is 19.5 Å². The van der Waals surface area contributed by atoms with Crippen molar-refractivity contribution in [2.24, 2.45) is 0 Å². The molecule has 0 unspecified atom stereocenters. The van der Waals surface area contributed by atoms with Gasteiger partial charge in [-0.05, 0) is 30.3 Å². The molecule has 0 saturated carbocycles. The SMILES string of the molecule is COc1ccc(CNc2ccc(F)c(C#N)c2)c(OC)c1. The Kier molecular flexibility index (Phi) is 4.62. The number of anilines is 1. The molecule has 4 nitrogen and oxygen atoms in total. The van der Waals surface area contributed by atoms with Gasteiger partial charge in [-0.15, -0.1) is 0 Å². The minimum Gasteiger partial charge on any atom is -0.497 e. The van der Waals surface area contributed by atoms with Gasteiger partial charge in [0.1, 0.15) is 23.4 Å². The van der Waals surface area contributed by atoms with Crippen molar-refractivity contribution in [3.63, 3.8) is 0 Å². The Hall–Kier alpha value is -2.74. The molecule has 0 bridgehead atoms. The van der Waals surface area contributed by atoms with E-state index in [1.165, 1.54) is 12.1 Å². The first kappa shape index (κ1) is 14.7. The summed E-state index contributed by atoms with van der Waals surface area (Å²) in [5.41, 5.74) is 1.62. The number of rotatable bonds is 5. The maximum Gasteiger partial charge on any atom is 0.141 e. The van der Waals surface area contributed by atoms with E-state index in [1.54, 1.807) is 26.4 Å². The fraction of sp³-hybridized carbons (Fsp3) is 0.188. The van der Waals surface area contributed by atoms with Gasteiger partial charge in [-0.2, -0.15) is 5.26 Å². The van der Waals surface area contributed by atoms with Gasteiger partial charge in [0.2, 0.25) is 0 Å². The van der Waals surface area contributed by atoms with Crippen LogP contribution in [0.25, 0.3) is 0 Å². The second kappa shape index (κ2) is 6.62. The number of nitriles is 1. The first-order chi connectivity index (χ1) is 10.2. The van der Waals surface area contributed by atoms with Crippen LogP contribution >= 0.6 is 0 Å². The molecular weight excluding hydrogens is 271 g/mol. The molecule has 0 heterocycles. The Labute approximate surface area is 122 Å². The van der Waals surface area contributed by atoms with Gasteiger partial charge in [0.25, 0.3) is 0 Å². The molecule has 2 aromatic rings. The molecular formula is C16H15FN2O2. The predicted octanol–water partition coefficient (Wildman–Crippen LogP) is 3.33. The summed E-state index contributed by atoms with van der Waals surface area (Å²) in [6.45, 7) is 0.490. The fourth-order valence-electron chi connectivity index (χ4n) is 1.92. The van der Waals surface area contributed by atoms with Gasteiger partial charge in [-0.3, -0.25) is 0 Å². The van der Waals surface area contributed by atoms with Crippen LogP contribution in [0.4, 0.5) is 10.1 Å². The lowest BCUT2D eigenvalue weighted by molar-refractivity contribution is 0.391. The Bertz CT molecular complexity index is 680. The Balaban J connectivity index is 2.15. The first-order valence-electron chi connectivity index (χ1n) is 6.32. The van der Waals surface area contributed by atoms with Crippen molar-refractivity contribution >= 4 is 5.69 Å². The molecule has 0 saturated heterocycles. The highest BCUT2D eigenvalue weighted by atomic mass is 19.1. The van der Waals surface area contributed by atoms with Crippen LogP contribution in [0.5, 0.6) is 11.5 Å². The van der Waals surface area contributed by atoms with Crippen LogP contribution in [0.3, 0.4) is 0 Å². The molecule has 0 amide bonds. The smallest absolute Gasteiger partial charge is 0.141 e. The number of benzene rings is 2. The number of hydrogen-bond acceptors (Lipinski definition) is 4. The van der Waals surface area contributed by atoms with Crippen LogP contribution in [-0.2, 0) is 6.54 Å². The summed E-state index contributed by atoms with van der Waals surface area (Å²) in [4.78, 5) is 0. The van der Waals surface area contributed by atoms with Gasteiger partial charge in [0.15, 0.2) is 0 Å². The highest BCUT2D eigenvalue weighted by molar-refractivity contribution is 5.51. The molecule has 21 heavy (non-hydrogen) atoms. The van der Waals surface area contributed by atoms with Crippen molar-refractivity contribution in [1.29, 1.82) is 5.26 Å². The summed E-state index contributed by atoms with van der Waals surface area (Å²) in [5.74, 6) is 0.888. The highest BCUT2D eigenvalue weighted by Gasteiger charge is 2.06. The average molecular weight is 286 g/mol. The van der Waals surface area contributed by atoms with Gasteiger partial charge in [0.05, 0.1) is 19.8 Å². The monoisotopic (exact) mass is 286 g/mol. The molecule has 5 heteroatoms. The van der Waals surface area contributed by atoms with E-state index in [-0.39, 0.29) is 5.56 Å². The summed E-state index contributed by atoms with van der Waals surface area (Å²) in [5, 5.41) is 12.0. The van der Waals surface area contributed by atoms with E-state index in [0.29, 0.717) is 23.7 Å². The number of nitrogens with one attached hydrogen (secondary N) is 1. The van der Waals surface area contributed by atoms with Crippen molar-refractivity contribution < 1.29 is 13.9 Å². The average Bonchev–Trinajstić information content (AvgIpc) is 2.53. The zero-order chi connectivity index (χ0) is 15.2. The van der Waals surface area contributed by atoms with E-state index in [9.17, 15) is 4.39 Å². The molecule has 2 rings (SSSR count). The molecule has 0 aliphatic carbocycles. The summed E-state index contributed by atoms with van der Waals surface area (Å²) in [7, 11) is 3.18. The minimum atomic E-state index is -0.523. The van der Waals surface area contributed by atoms with E-state index < -0.39 is 5.82 Å². The van der Waals surface area contributed by atoms with Gasteiger partial charge in [-0.1, -0.05) is 0 Å². The van der Waals surface area contributed by atoms with E-state index in [4.69, 9.17) is 14.7 Å². The van der Waals surface area contributed by atoms with Crippen LogP contribution < -0.4 is 14.8 Å². The number of methoxy groups -OCH3 is 2. The maximum absolute atomic E-state index is 13.3. The largest absolute Gasteiger partial charge is 0.497 e. The summed E-state index contributed by atoms with van der Waals surface area (Å²) < 4.78 is 23.7. The van der Waals surface area contributed by atoms with Gasteiger partial charge >= 0.3 is 0 Å². The molecule has 0 atom stereocenters. The predicted molar refractivity (Wildman–Crippen MR) is 78.0 cm³/mol. The van der Waals surface area contributed by atoms with E-state index in [2.05, 4.69) is 5.32 Å². The van der Waals surface area contributed by atoms with E-state index in [0.717, 1.165) is 5.56 Å². The third kappa shape index (κ3) is 3.42. The Morgan fingerprint density at radius 2 is 1.95 bits per heavy atom. The van der Waals surface area contributed by atoms with Gasteiger partial charge in [0, 0.05) is 23.9 Å². The molecule has 0 aliphatic heterocycles. The zero-order valence-corrected chi connectivity index (χ0v) is 11.8. The van der Waals surface area contributed by atoms with Crippen LogP contribution in [0.2, 0.25) is 0 Å². The van der Waals surface area contributed by atoms with Crippen molar-refractivity contribution in [1.82, 2.24) is 0 Å². The van der Waals surface area contributed by atoms with Crippen LogP contribution in [-0.4, -0.2) is 14.2 Å². The summed E-state index contributed by atoms with van der Waals surface area (Å²) in [6.07, 6.45) is 0. The molecule has 108 valence electrons. The lowest BCUT2D eigenvalue weighted by Gasteiger charge is -2.12. The third-order valence-electron chi connectivity index (χ3n) is 3.06. The topological polar surface area (TPSA) is 54.3 Å². The molecule has 0 fully saturated rings. The lowest BCUT2D eigenvalue weighted by atomic mass is 10.1. The van der Waals surface area contributed by atoms with Gasteiger partial charge in [-0.25, -0.2) is 4.39 Å². The van der Waals surface area contributed by atoms with E-state index >= 15 is 0 Å². The fourth-order valence-corrected chi connectivity index (χ4v) is 1.92. The lowest BCUT2D eigenvalue weighted by Crippen LogP contribution is -2.02. The Morgan fingerprint density at radius 1 is 1.14 bits per heavy atom.